The lowest BCUT2D eigenvalue weighted by Gasteiger charge is -2.21. The molecule has 0 fully saturated rings. The maximum absolute atomic E-state index is 12.9. The summed E-state index contributed by atoms with van der Waals surface area (Å²) in [6.07, 6.45) is -0.220. The van der Waals surface area contributed by atoms with Crippen molar-refractivity contribution in [2.45, 2.75) is 25.8 Å². The summed E-state index contributed by atoms with van der Waals surface area (Å²) in [4.78, 5) is 11.9. The molecule has 0 atom stereocenters. The first-order valence-electron chi connectivity index (χ1n) is 4.53. The fraction of sp³-hybridized carbons (Fsp3) is 0.750. The summed E-state index contributed by atoms with van der Waals surface area (Å²) in [7, 11) is 1.51. The van der Waals surface area contributed by atoms with E-state index in [9.17, 15) is 13.6 Å². The minimum absolute atomic E-state index is 0.0777. The number of H-pyrrole nitrogens is 1. The summed E-state index contributed by atoms with van der Waals surface area (Å²) in [6.45, 7) is 1.11. The van der Waals surface area contributed by atoms with Gasteiger partial charge in [-0.3, -0.25) is 4.90 Å². The summed E-state index contributed by atoms with van der Waals surface area (Å²) in [6, 6.07) is 0. The van der Waals surface area contributed by atoms with Crippen LogP contribution in [0.4, 0.5) is 8.78 Å². The molecule has 1 N–H and O–H groups in total. The van der Waals surface area contributed by atoms with Crippen LogP contribution in [0.15, 0.2) is 9.21 Å². The second-order valence-corrected chi connectivity index (χ2v) is 3.39. The monoisotopic (exact) mass is 221 g/mol. The molecule has 0 unspecified atom stereocenters. The lowest BCUT2D eigenvalue weighted by Crippen LogP contribution is -2.33. The molecule has 5 nitrogen and oxygen atoms in total. The maximum atomic E-state index is 12.9. The average molecular weight is 221 g/mol. The Labute approximate surface area is 85.1 Å². The molecule has 0 saturated carbocycles. The van der Waals surface area contributed by atoms with Gasteiger partial charge in [0.25, 0.3) is 5.92 Å². The standard InChI is InChI=1S/C8H13F2N3O2/c1-3-8(9,10)5-13(2)4-6-11-12-7(14)15-6/h3-5H2,1-2H3,(H,12,14). The minimum Gasteiger partial charge on any atom is -0.391 e. The highest BCUT2D eigenvalue weighted by atomic mass is 19.3. The average Bonchev–Trinajstić information content (AvgIpc) is 2.50. The second kappa shape index (κ2) is 4.52. The van der Waals surface area contributed by atoms with Crippen molar-refractivity contribution in [3.63, 3.8) is 0 Å². The van der Waals surface area contributed by atoms with Crippen molar-refractivity contribution in [2.75, 3.05) is 13.6 Å². The highest BCUT2D eigenvalue weighted by molar-refractivity contribution is 4.76. The quantitative estimate of drug-likeness (QED) is 0.800. The summed E-state index contributed by atoms with van der Waals surface area (Å²) < 4.78 is 30.5. The van der Waals surface area contributed by atoms with Crippen molar-refractivity contribution in [3.8, 4) is 0 Å². The van der Waals surface area contributed by atoms with Gasteiger partial charge in [-0.15, -0.1) is 5.10 Å². The van der Waals surface area contributed by atoms with E-state index in [-0.39, 0.29) is 25.4 Å². The number of rotatable bonds is 5. The molecular weight excluding hydrogens is 208 g/mol. The largest absolute Gasteiger partial charge is 0.434 e. The molecule has 0 bridgehead atoms. The first kappa shape index (κ1) is 11.8. The molecule has 0 aliphatic rings. The Balaban J connectivity index is 2.49. The molecule has 0 amide bonds. The molecule has 15 heavy (non-hydrogen) atoms. The van der Waals surface area contributed by atoms with E-state index < -0.39 is 11.7 Å². The summed E-state index contributed by atoms with van der Waals surface area (Å²) in [5.74, 6) is -3.30. The van der Waals surface area contributed by atoms with Gasteiger partial charge in [-0.2, -0.15) is 0 Å². The first-order valence-corrected chi connectivity index (χ1v) is 4.53. The fourth-order valence-corrected chi connectivity index (χ4v) is 1.12. The molecule has 1 rings (SSSR count). The van der Waals surface area contributed by atoms with Crippen LogP contribution in [0.3, 0.4) is 0 Å². The van der Waals surface area contributed by atoms with Crippen LogP contribution in [0.5, 0.6) is 0 Å². The number of nitrogens with one attached hydrogen (secondary N) is 1. The number of aromatic amines is 1. The Morgan fingerprint density at radius 2 is 2.27 bits per heavy atom. The topological polar surface area (TPSA) is 62.1 Å². The number of halogens is 2. The molecule has 0 spiro atoms. The smallest absolute Gasteiger partial charge is 0.391 e. The van der Waals surface area contributed by atoms with Gasteiger partial charge in [0, 0.05) is 6.42 Å². The zero-order valence-corrected chi connectivity index (χ0v) is 8.59. The van der Waals surface area contributed by atoms with E-state index in [1.807, 2.05) is 0 Å². The predicted molar refractivity (Wildman–Crippen MR) is 48.7 cm³/mol. The van der Waals surface area contributed by atoms with Crippen LogP contribution in [-0.2, 0) is 6.54 Å². The third kappa shape index (κ3) is 3.78. The fourth-order valence-electron chi connectivity index (χ4n) is 1.12. The van der Waals surface area contributed by atoms with Crippen LogP contribution in [0.2, 0.25) is 0 Å². The van der Waals surface area contributed by atoms with E-state index in [2.05, 4.69) is 14.6 Å². The lowest BCUT2D eigenvalue weighted by molar-refractivity contribution is -0.0324. The number of aromatic nitrogens is 2. The molecule has 86 valence electrons. The van der Waals surface area contributed by atoms with Crippen molar-refractivity contribution >= 4 is 0 Å². The predicted octanol–water partition coefficient (Wildman–Crippen LogP) is 0.840. The summed E-state index contributed by atoms with van der Waals surface area (Å²) in [5.41, 5.74) is 0. The molecule has 1 aromatic heterocycles. The van der Waals surface area contributed by atoms with Crippen LogP contribution in [0, 0.1) is 0 Å². The van der Waals surface area contributed by atoms with Gasteiger partial charge in [0.2, 0.25) is 5.89 Å². The van der Waals surface area contributed by atoms with Crippen molar-refractivity contribution in [3.05, 3.63) is 16.4 Å². The van der Waals surface area contributed by atoms with E-state index >= 15 is 0 Å². The number of alkyl halides is 2. The third-order valence-corrected chi connectivity index (χ3v) is 1.91. The minimum atomic E-state index is -2.73. The molecule has 0 aliphatic heterocycles. The lowest BCUT2D eigenvalue weighted by atomic mass is 10.2. The molecule has 0 aromatic carbocycles. The molecule has 0 radical (unpaired) electrons. The Bertz CT molecular complexity index is 361. The highest BCUT2D eigenvalue weighted by Crippen LogP contribution is 2.18. The molecule has 1 aromatic rings. The molecule has 0 aliphatic carbocycles. The van der Waals surface area contributed by atoms with Gasteiger partial charge in [-0.1, -0.05) is 6.92 Å². The van der Waals surface area contributed by atoms with Gasteiger partial charge < -0.3 is 4.42 Å². The van der Waals surface area contributed by atoms with Gasteiger partial charge in [0.1, 0.15) is 0 Å². The maximum Gasteiger partial charge on any atom is 0.434 e. The van der Waals surface area contributed by atoms with Gasteiger partial charge in [-0.25, -0.2) is 18.7 Å². The Kier molecular flexibility index (Phi) is 3.57. The zero-order chi connectivity index (χ0) is 11.5. The number of hydrogen-bond acceptors (Lipinski definition) is 4. The van der Waals surface area contributed by atoms with Crippen molar-refractivity contribution in [2.24, 2.45) is 0 Å². The molecule has 0 saturated heterocycles. The van der Waals surface area contributed by atoms with Gasteiger partial charge >= 0.3 is 5.76 Å². The SMILES string of the molecule is CCC(F)(F)CN(C)Cc1n[nH]c(=O)o1. The summed E-state index contributed by atoms with van der Waals surface area (Å²) >= 11 is 0. The Hall–Kier alpha value is -1.24. The van der Waals surface area contributed by atoms with Crippen molar-refractivity contribution in [1.29, 1.82) is 0 Å². The van der Waals surface area contributed by atoms with Gasteiger partial charge in [0.05, 0.1) is 13.1 Å². The zero-order valence-electron chi connectivity index (χ0n) is 8.59. The Morgan fingerprint density at radius 1 is 1.60 bits per heavy atom. The molecule has 1 heterocycles. The van der Waals surface area contributed by atoms with Gasteiger partial charge in [-0.05, 0) is 7.05 Å². The number of nitrogens with zero attached hydrogens (tertiary/aromatic N) is 2. The van der Waals surface area contributed by atoms with E-state index in [0.29, 0.717) is 0 Å². The van der Waals surface area contributed by atoms with Gasteiger partial charge in [0.15, 0.2) is 0 Å². The highest BCUT2D eigenvalue weighted by Gasteiger charge is 2.28. The van der Waals surface area contributed by atoms with E-state index in [0.717, 1.165) is 0 Å². The molecule has 7 heteroatoms. The van der Waals surface area contributed by atoms with E-state index in [1.54, 1.807) is 0 Å². The van der Waals surface area contributed by atoms with Crippen LogP contribution < -0.4 is 5.76 Å². The summed E-state index contributed by atoms with van der Waals surface area (Å²) in [5, 5.41) is 5.59. The first-order chi connectivity index (χ1) is 6.93. The van der Waals surface area contributed by atoms with Crippen LogP contribution >= 0.6 is 0 Å². The van der Waals surface area contributed by atoms with E-state index in [1.165, 1.54) is 18.9 Å². The third-order valence-electron chi connectivity index (χ3n) is 1.91. The van der Waals surface area contributed by atoms with Crippen LogP contribution in [-0.4, -0.2) is 34.6 Å². The van der Waals surface area contributed by atoms with Crippen LogP contribution in [0.25, 0.3) is 0 Å². The molecular formula is C8H13F2N3O2. The second-order valence-electron chi connectivity index (χ2n) is 3.39. The number of hydrogen-bond donors (Lipinski definition) is 1. The Morgan fingerprint density at radius 3 is 2.73 bits per heavy atom. The van der Waals surface area contributed by atoms with Crippen LogP contribution in [0.1, 0.15) is 19.2 Å². The van der Waals surface area contributed by atoms with Crippen molar-refractivity contribution in [1.82, 2.24) is 15.1 Å². The normalized spacial score (nSPS) is 12.3. The van der Waals surface area contributed by atoms with E-state index in [4.69, 9.17) is 0 Å². The van der Waals surface area contributed by atoms with Crippen molar-refractivity contribution < 1.29 is 13.2 Å².